The monoisotopic (exact) mass is 246 g/mol. The minimum absolute atomic E-state index is 0.353. The Morgan fingerprint density at radius 3 is 2.78 bits per heavy atom. The van der Waals surface area contributed by atoms with Crippen molar-refractivity contribution < 1.29 is 5.11 Å². The van der Waals surface area contributed by atoms with Gasteiger partial charge in [-0.05, 0) is 50.7 Å². The normalized spacial score (nSPS) is 23.9. The van der Waals surface area contributed by atoms with Gasteiger partial charge < -0.3 is 10.0 Å². The quantitative estimate of drug-likeness (QED) is 0.774. The number of hydrogen-bond acceptors (Lipinski definition) is 3. The first kappa shape index (κ1) is 12.0. The van der Waals surface area contributed by atoms with E-state index >= 15 is 0 Å². The molecule has 0 spiro atoms. The van der Waals surface area contributed by atoms with Crippen LogP contribution in [-0.2, 0) is 6.42 Å². The summed E-state index contributed by atoms with van der Waals surface area (Å²) in [6.07, 6.45) is 6.44. The summed E-state index contributed by atoms with van der Waals surface area (Å²) >= 11 is 0. The third-order valence-electron chi connectivity index (χ3n) is 4.23. The van der Waals surface area contributed by atoms with Crippen molar-refractivity contribution in [2.45, 2.75) is 51.6 Å². The lowest BCUT2D eigenvalue weighted by molar-refractivity contribution is 0.162. The van der Waals surface area contributed by atoms with E-state index in [-0.39, 0.29) is 6.10 Å². The Labute approximate surface area is 109 Å². The van der Waals surface area contributed by atoms with Crippen LogP contribution >= 0.6 is 0 Å². The third kappa shape index (κ3) is 2.12. The minimum Gasteiger partial charge on any atom is -0.387 e. The smallest absolute Gasteiger partial charge is 0.0962 e. The van der Waals surface area contributed by atoms with Crippen LogP contribution in [0.2, 0.25) is 0 Å². The maximum Gasteiger partial charge on any atom is 0.0962 e. The van der Waals surface area contributed by atoms with E-state index in [4.69, 9.17) is 4.98 Å². The largest absolute Gasteiger partial charge is 0.387 e. The molecule has 0 aromatic carbocycles. The summed E-state index contributed by atoms with van der Waals surface area (Å²) in [5.74, 6) is 0. The van der Waals surface area contributed by atoms with E-state index in [1.54, 1.807) is 0 Å². The summed E-state index contributed by atoms with van der Waals surface area (Å²) in [5, 5.41) is 10.1. The Morgan fingerprint density at radius 2 is 2.00 bits per heavy atom. The second-order valence-corrected chi connectivity index (χ2v) is 5.59. The molecule has 1 aromatic heterocycles. The molecule has 98 valence electrons. The molecule has 1 atom stereocenters. The van der Waals surface area contributed by atoms with Gasteiger partial charge in [0.2, 0.25) is 0 Å². The Hall–Kier alpha value is -1.09. The summed E-state index contributed by atoms with van der Waals surface area (Å²) < 4.78 is 0. The van der Waals surface area contributed by atoms with Crippen LogP contribution < -0.4 is 4.90 Å². The standard InChI is InChI=1S/C15H22N2O/c1-11-13(17-8-4-5-9-17)10-12-6-2-3-7-14(18)15(12)16-11/h10,14,18H,2-9H2,1H3. The van der Waals surface area contributed by atoms with E-state index in [0.717, 1.165) is 43.7 Å². The van der Waals surface area contributed by atoms with E-state index in [1.807, 2.05) is 0 Å². The number of aliphatic hydroxyl groups is 1. The number of aliphatic hydroxyl groups excluding tert-OH is 1. The van der Waals surface area contributed by atoms with Crippen LogP contribution in [0.3, 0.4) is 0 Å². The molecule has 1 N–H and O–H groups in total. The fraction of sp³-hybridized carbons (Fsp3) is 0.667. The minimum atomic E-state index is -0.353. The predicted octanol–water partition coefficient (Wildman–Crippen LogP) is 2.75. The maximum absolute atomic E-state index is 10.1. The van der Waals surface area contributed by atoms with Gasteiger partial charge >= 0.3 is 0 Å². The van der Waals surface area contributed by atoms with E-state index < -0.39 is 0 Å². The molecule has 2 heterocycles. The van der Waals surface area contributed by atoms with Crippen molar-refractivity contribution in [3.05, 3.63) is 23.0 Å². The molecule has 2 aliphatic rings. The van der Waals surface area contributed by atoms with E-state index in [9.17, 15) is 5.11 Å². The second kappa shape index (κ2) is 4.88. The topological polar surface area (TPSA) is 36.4 Å². The molecular weight excluding hydrogens is 224 g/mol. The van der Waals surface area contributed by atoms with Crippen molar-refractivity contribution in [3.8, 4) is 0 Å². The van der Waals surface area contributed by atoms with Crippen LogP contribution in [0, 0.1) is 6.92 Å². The molecule has 18 heavy (non-hydrogen) atoms. The second-order valence-electron chi connectivity index (χ2n) is 5.59. The molecular formula is C15H22N2O. The van der Waals surface area contributed by atoms with Gasteiger partial charge in [0, 0.05) is 13.1 Å². The van der Waals surface area contributed by atoms with Crippen molar-refractivity contribution in [3.63, 3.8) is 0 Å². The van der Waals surface area contributed by atoms with Gasteiger partial charge in [0.1, 0.15) is 0 Å². The predicted molar refractivity (Wildman–Crippen MR) is 72.9 cm³/mol. The van der Waals surface area contributed by atoms with Crippen molar-refractivity contribution in [2.75, 3.05) is 18.0 Å². The molecule has 1 aliphatic carbocycles. The van der Waals surface area contributed by atoms with Crippen LogP contribution in [0.25, 0.3) is 0 Å². The van der Waals surface area contributed by atoms with Gasteiger partial charge in [-0.15, -0.1) is 0 Å². The van der Waals surface area contributed by atoms with Gasteiger partial charge in [-0.2, -0.15) is 0 Å². The van der Waals surface area contributed by atoms with Crippen molar-refractivity contribution in [2.24, 2.45) is 0 Å². The SMILES string of the molecule is Cc1nc2c(cc1N1CCCC1)CCCCC2O. The Kier molecular flexibility index (Phi) is 3.25. The Bertz CT molecular complexity index is 438. The lowest BCUT2D eigenvalue weighted by Crippen LogP contribution is -2.20. The summed E-state index contributed by atoms with van der Waals surface area (Å²) in [5.41, 5.74) is 4.58. The van der Waals surface area contributed by atoms with Crippen molar-refractivity contribution >= 4 is 5.69 Å². The van der Waals surface area contributed by atoms with E-state index in [0.29, 0.717) is 0 Å². The number of fused-ring (bicyclic) bond motifs is 1. The molecule has 1 fully saturated rings. The molecule has 1 unspecified atom stereocenters. The van der Waals surface area contributed by atoms with Crippen molar-refractivity contribution in [1.82, 2.24) is 4.98 Å². The summed E-state index contributed by atoms with van der Waals surface area (Å²) in [4.78, 5) is 7.15. The van der Waals surface area contributed by atoms with Crippen LogP contribution in [0.5, 0.6) is 0 Å². The zero-order valence-corrected chi connectivity index (χ0v) is 11.2. The van der Waals surface area contributed by atoms with Crippen LogP contribution in [0.15, 0.2) is 6.07 Å². The van der Waals surface area contributed by atoms with Crippen LogP contribution in [0.1, 0.15) is 55.2 Å². The third-order valence-corrected chi connectivity index (χ3v) is 4.23. The van der Waals surface area contributed by atoms with Crippen LogP contribution in [0.4, 0.5) is 5.69 Å². The molecule has 1 aliphatic heterocycles. The molecule has 1 saturated heterocycles. The molecule has 0 amide bonds. The van der Waals surface area contributed by atoms with Gasteiger partial charge in [-0.25, -0.2) is 0 Å². The van der Waals surface area contributed by atoms with Gasteiger partial charge in [0.15, 0.2) is 0 Å². The van der Waals surface area contributed by atoms with E-state index in [2.05, 4.69) is 17.9 Å². The number of pyridine rings is 1. The molecule has 3 nitrogen and oxygen atoms in total. The van der Waals surface area contributed by atoms with Crippen molar-refractivity contribution in [1.29, 1.82) is 0 Å². The summed E-state index contributed by atoms with van der Waals surface area (Å²) in [6, 6.07) is 2.29. The first-order valence-corrected chi connectivity index (χ1v) is 7.19. The molecule has 0 saturated carbocycles. The average Bonchev–Trinajstić information content (AvgIpc) is 2.83. The first-order valence-electron chi connectivity index (χ1n) is 7.19. The molecule has 0 bridgehead atoms. The highest BCUT2D eigenvalue weighted by Gasteiger charge is 2.22. The average molecular weight is 246 g/mol. The van der Waals surface area contributed by atoms with Gasteiger partial charge in [-0.1, -0.05) is 6.42 Å². The number of nitrogens with zero attached hydrogens (tertiary/aromatic N) is 2. The fourth-order valence-electron chi connectivity index (χ4n) is 3.21. The van der Waals surface area contributed by atoms with Gasteiger partial charge in [0.05, 0.1) is 23.2 Å². The highest BCUT2D eigenvalue weighted by atomic mass is 16.3. The highest BCUT2D eigenvalue weighted by molar-refractivity contribution is 5.54. The molecule has 3 rings (SSSR count). The number of rotatable bonds is 1. The molecule has 0 radical (unpaired) electrons. The highest BCUT2D eigenvalue weighted by Crippen LogP contribution is 2.32. The van der Waals surface area contributed by atoms with Crippen LogP contribution in [-0.4, -0.2) is 23.2 Å². The molecule has 3 heteroatoms. The maximum atomic E-state index is 10.1. The number of aryl methyl sites for hydroxylation is 2. The van der Waals surface area contributed by atoms with E-state index in [1.165, 1.54) is 30.5 Å². The summed E-state index contributed by atoms with van der Waals surface area (Å²) in [6.45, 7) is 4.39. The zero-order chi connectivity index (χ0) is 12.5. The zero-order valence-electron chi connectivity index (χ0n) is 11.2. The number of aromatic nitrogens is 1. The first-order chi connectivity index (χ1) is 8.75. The van der Waals surface area contributed by atoms with Gasteiger partial charge in [-0.3, -0.25) is 4.98 Å². The fourth-order valence-corrected chi connectivity index (χ4v) is 3.21. The lowest BCUT2D eigenvalue weighted by atomic mass is 10.1. The summed E-state index contributed by atoms with van der Waals surface area (Å²) in [7, 11) is 0. The Morgan fingerprint density at radius 1 is 1.22 bits per heavy atom. The van der Waals surface area contributed by atoms with Gasteiger partial charge in [0.25, 0.3) is 0 Å². The lowest BCUT2D eigenvalue weighted by Gasteiger charge is -2.22. The Balaban J connectivity index is 1.99. The number of hydrogen-bond donors (Lipinski definition) is 1. The molecule has 1 aromatic rings. The number of anilines is 1.